The molecule has 1 amide bonds. The summed E-state index contributed by atoms with van der Waals surface area (Å²) < 4.78 is 19.8. The van der Waals surface area contributed by atoms with Gasteiger partial charge in [0.05, 0.1) is 21.8 Å². The Bertz CT molecular complexity index is 1530. The molecule has 1 fully saturated rings. The molecular formula is C27H18ClFN2O4S. The Hall–Kier alpha value is -4.01. The zero-order valence-corrected chi connectivity index (χ0v) is 20.2. The van der Waals surface area contributed by atoms with Gasteiger partial charge in [-0.1, -0.05) is 47.7 Å². The highest BCUT2D eigenvalue weighted by molar-refractivity contribution is 7.22. The Morgan fingerprint density at radius 1 is 1.14 bits per heavy atom. The van der Waals surface area contributed by atoms with Gasteiger partial charge in [-0.3, -0.25) is 14.5 Å². The first-order chi connectivity index (χ1) is 17.4. The predicted molar refractivity (Wildman–Crippen MR) is 138 cm³/mol. The molecule has 2 heterocycles. The highest BCUT2D eigenvalue weighted by Gasteiger charge is 2.48. The van der Waals surface area contributed by atoms with E-state index in [0.29, 0.717) is 28.5 Å². The number of ketones is 1. The second-order valence-corrected chi connectivity index (χ2v) is 9.40. The standard InChI is InChI=1S/C27H18ClFN2O4S/c1-2-13-35-19-10-5-15(6-11-19)23-22(24(32)16-3-8-18(29)9-4-16)25(33)26(34)31(23)27-30-20-12-7-17(28)14-21(20)36-27/h2-12,14,23,32H,1,13H2. The van der Waals surface area contributed by atoms with Crippen molar-refractivity contribution in [1.82, 2.24) is 4.98 Å². The average molecular weight is 521 g/mol. The summed E-state index contributed by atoms with van der Waals surface area (Å²) in [5.41, 5.74) is 1.26. The van der Waals surface area contributed by atoms with Crippen LogP contribution in [0.2, 0.25) is 5.02 Å². The van der Waals surface area contributed by atoms with Crippen molar-refractivity contribution in [1.29, 1.82) is 0 Å². The number of thiazole rings is 1. The number of ether oxygens (including phenoxy) is 1. The summed E-state index contributed by atoms with van der Waals surface area (Å²) in [5, 5.41) is 11.9. The van der Waals surface area contributed by atoms with Crippen molar-refractivity contribution < 1.29 is 23.8 Å². The number of nitrogens with zero attached hydrogens (tertiary/aromatic N) is 2. The maximum Gasteiger partial charge on any atom is 0.301 e. The van der Waals surface area contributed by atoms with Crippen LogP contribution >= 0.6 is 22.9 Å². The lowest BCUT2D eigenvalue weighted by Gasteiger charge is -2.23. The van der Waals surface area contributed by atoms with E-state index in [1.807, 2.05) is 0 Å². The van der Waals surface area contributed by atoms with Crippen LogP contribution in [0.1, 0.15) is 17.2 Å². The summed E-state index contributed by atoms with van der Waals surface area (Å²) >= 11 is 7.32. The van der Waals surface area contributed by atoms with Crippen LogP contribution in [0, 0.1) is 5.82 Å². The fraction of sp³-hybridized carbons (Fsp3) is 0.0741. The van der Waals surface area contributed by atoms with Crippen molar-refractivity contribution in [3.05, 3.63) is 107 Å². The minimum absolute atomic E-state index is 0.122. The summed E-state index contributed by atoms with van der Waals surface area (Å²) in [7, 11) is 0. The maximum atomic E-state index is 13.5. The smallest absolute Gasteiger partial charge is 0.301 e. The number of anilines is 1. The number of fused-ring (bicyclic) bond motifs is 1. The molecule has 1 aliphatic heterocycles. The Morgan fingerprint density at radius 3 is 2.56 bits per heavy atom. The average Bonchev–Trinajstić information content (AvgIpc) is 3.40. The third-order valence-corrected chi connectivity index (χ3v) is 6.92. The first-order valence-electron chi connectivity index (χ1n) is 10.8. The molecule has 0 saturated carbocycles. The van der Waals surface area contributed by atoms with Gasteiger partial charge in [0, 0.05) is 10.6 Å². The molecule has 1 N–H and O–H groups in total. The van der Waals surface area contributed by atoms with Crippen molar-refractivity contribution in [2.75, 3.05) is 11.5 Å². The van der Waals surface area contributed by atoms with Crippen LogP contribution in [0.25, 0.3) is 16.0 Å². The molecule has 36 heavy (non-hydrogen) atoms. The van der Waals surface area contributed by atoms with Crippen molar-refractivity contribution >= 4 is 55.7 Å². The molecule has 3 aromatic carbocycles. The third kappa shape index (κ3) is 4.25. The first kappa shape index (κ1) is 23.7. The quantitative estimate of drug-likeness (QED) is 0.140. The molecular weight excluding hydrogens is 503 g/mol. The SMILES string of the molecule is C=CCOc1ccc(C2C(=C(O)c3ccc(F)cc3)C(=O)C(=O)N2c2nc3ccc(Cl)cc3s2)cc1. The molecule has 1 aromatic heterocycles. The van der Waals surface area contributed by atoms with Crippen molar-refractivity contribution in [2.24, 2.45) is 0 Å². The molecule has 0 aliphatic carbocycles. The van der Waals surface area contributed by atoms with Gasteiger partial charge in [0.1, 0.15) is 23.9 Å². The Labute approximate surface area is 214 Å². The molecule has 5 rings (SSSR count). The number of aliphatic hydroxyl groups excluding tert-OH is 1. The lowest BCUT2D eigenvalue weighted by molar-refractivity contribution is -0.132. The van der Waals surface area contributed by atoms with E-state index in [2.05, 4.69) is 11.6 Å². The van der Waals surface area contributed by atoms with Crippen LogP contribution in [-0.4, -0.2) is 28.4 Å². The number of benzene rings is 3. The molecule has 1 aliphatic rings. The van der Waals surface area contributed by atoms with Crippen LogP contribution in [0.5, 0.6) is 5.75 Å². The topological polar surface area (TPSA) is 79.7 Å². The molecule has 1 unspecified atom stereocenters. The van der Waals surface area contributed by atoms with Crippen LogP contribution in [0.3, 0.4) is 0 Å². The number of hydrogen-bond acceptors (Lipinski definition) is 6. The number of amides is 1. The summed E-state index contributed by atoms with van der Waals surface area (Å²) in [6.07, 6.45) is 1.62. The molecule has 0 radical (unpaired) electrons. The predicted octanol–water partition coefficient (Wildman–Crippen LogP) is 6.28. The van der Waals surface area contributed by atoms with E-state index in [4.69, 9.17) is 16.3 Å². The van der Waals surface area contributed by atoms with Gasteiger partial charge in [-0.05, 0) is 60.2 Å². The van der Waals surface area contributed by atoms with Crippen LogP contribution < -0.4 is 9.64 Å². The number of halogens is 2. The molecule has 0 bridgehead atoms. The molecule has 6 nitrogen and oxygen atoms in total. The van der Waals surface area contributed by atoms with E-state index >= 15 is 0 Å². The largest absolute Gasteiger partial charge is 0.507 e. The van der Waals surface area contributed by atoms with Gasteiger partial charge in [0.15, 0.2) is 5.13 Å². The van der Waals surface area contributed by atoms with Crippen molar-refractivity contribution in [3.63, 3.8) is 0 Å². The van der Waals surface area contributed by atoms with Gasteiger partial charge < -0.3 is 9.84 Å². The molecule has 0 spiro atoms. The van der Waals surface area contributed by atoms with Gasteiger partial charge in [-0.2, -0.15) is 0 Å². The van der Waals surface area contributed by atoms with E-state index in [1.165, 1.54) is 40.5 Å². The van der Waals surface area contributed by atoms with Gasteiger partial charge in [-0.25, -0.2) is 9.37 Å². The second kappa shape index (κ2) is 9.56. The normalized spacial score (nSPS) is 17.1. The summed E-state index contributed by atoms with van der Waals surface area (Å²) in [6, 6.07) is 16.0. The number of carbonyl (C=O) groups excluding carboxylic acids is 2. The summed E-state index contributed by atoms with van der Waals surface area (Å²) in [5.74, 6) is -2.03. The molecule has 1 saturated heterocycles. The summed E-state index contributed by atoms with van der Waals surface area (Å²) in [6.45, 7) is 3.94. The highest BCUT2D eigenvalue weighted by atomic mass is 35.5. The first-order valence-corrected chi connectivity index (χ1v) is 12.0. The fourth-order valence-corrected chi connectivity index (χ4v) is 5.27. The van der Waals surface area contributed by atoms with Crippen LogP contribution in [-0.2, 0) is 9.59 Å². The van der Waals surface area contributed by atoms with E-state index in [-0.39, 0.29) is 16.3 Å². The minimum Gasteiger partial charge on any atom is -0.507 e. The number of Topliss-reactive ketones (excluding diaryl/α,β-unsaturated/α-hetero) is 1. The third-order valence-electron chi connectivity index (χ3n) is 5.67. The van der Waals surface area contributed by atoms with Gasteiger partial charge in [0.2, 0.25) is 0 Å². The summed E-state index contributed by atoms with van der Waals surface area (Å²) in [4.78, 5) is 32.4. The number of rotatable bonds is 6. The Kier molecular flexibility index (Phi) is 6.30. The zero-order valence-electron chi connectivity index (χ0n) is 18.7. The monoisotopic (exact) mass is 520 g/mol. The molecule has 180 valence electrons. The van der Waals surface area contributed by atoms with Crippen molar-refractivity contribution in [2.45, 2.75) is 6.04 Å². The van der Waals surface area contributed by atoms with Crippen molar-refractivity contribution in [3.8, 4) is 5.75 Å². The number of hydrogen-bond donors (Lipinski definition) is 1. The van der Waals surface area contributed by atoms with E-state index in [9.17, 15) is 19.1 Å². The Morgan fingerprint density at radius 2 is 1.86 bits per heavy atom. The zero-order chi connectivity index (χ0) is 25.4. The number of aromatic nitrogens is 1. The number of carbonyl (C=O) groups is 2. The number of aliphatic hydroxyl groups is 1. The highest BCUT2D eigenvalue weighted by Crippen LogP contribution is 2.44. The molecule has 1 atom stereocenters. The van der Waals surface area contributed by atoms with Gasteiger partial charge in [0.25, 0.3) is 5.78 Å². The van der Waals surface area contributed by atoms with Gasteiger partial charge in [-0.15, -0.1) is 0 Å². The maximum absolute atomic E-state index is 13.5. The van der Waals surface area contributed by atoms with E-state index in [1.54, 1.807) is 48.5 Å². The van der Waals surface area contributed by atoms with Gasteiger partial charge >= 0.3 is 5.91 Å². The van der Waals surface area contributed by atoms with E-state index < -0.39 is 29.3 Å². The van der Waals surface area contributed by atoms with Crippen LogP contribution in [0.15, 0.2) is 85.0 Å². The lowest BCUT2D eigenvalue weighted by Crippen LogP contribution is -2.29. The fourth-order valence-electron chi connectivity index (χ4n) is 4.00. The lowest BCUT2D eigenvalue weighted by atomic mass is 9.95. The molecule has 4 aromatic rings. The molecule has 9 heteroatoms. The van der Waals surface area contributed by atoms with E-state index in [0.717, 1.165) is 4.70 Å². The van der Waals surface area contributed by atoms with Crippen LogP contribution in [0.4, 0.5) is 9.52 Å². The Balaban J connectivity index is 1.68. The second-order valence-electron chi connectivity index (χ2n) is 7.95. The minimum atomic E-state index is -0.973.